The molecule has 0 aromatic heterocycles. The maximum absolute atomic E-state index is 12.7. The maximum Gasteiger partial charge on any atom is 0.269 e. The Morgan fingerprint density at radius 3 is 2.43 bits per heavy atom. The van der Waals surface area contributed by atoms with Gasteiger partial charge in [0, 0.05) is 30.8 Å². The molecule has 0 spiro atoms. The average Bonchev–Trinajstić information content (AvgIpc) is 2.47. The molecule has 21 heavy (non-hydrogen) atoms. The molecule has 1 aliphatic carbocycles. The topological polar surface area (TPSA) is 107 Å². The van der Waals surface area contributed by atoms with E-state index in [0.29, 0.717) is 12.5 Å². The molecular formula is C13H17N3O4S. The number of hydrogen-bond donors (Lipinski definition) is 1. The van der Waals surface area contributed by atoms with Crippen molar-refractivity contribution in [2.75, 3.05) is 6.54 Å². The van der Waals surface area contributed by atoms with Crippen molar-refractivity contribution in [1.82, 2.24) is 4.31 Å². The zero-order valence-corrected chi connectivity index (χ0v) is 12.2. The number of nitrogens with zero attached hydrogens (tertiary/aromatic N) is 2. The van der Waals surface area contributed by atoms with Gasteiger partial charge >= 0.3 is 0 Å². The van der Waals surface area contributed by atoms with E-state index in [1.165, 1.54) is 28.6 Å². The highest BCUT2D eigenvalue weighted by Crippen LogP contribution is 2.37. The monoisotopic (exact) mass is 311 g/mol. The fourth-order valence-corrected chi connectivity index (χ4v) is 5.12. The summed E-state index contributed by atoms with van der Waals surface area (Å²) < 4.78 is 26.9. The lowest BCUT2D eigenvalue weighted by Crippen LogP contribution is -2.60. The first-order valence-corrected chi connectivity index (χ1v) is 8.35. The molecule has 3 unspecified atom stereocenters. The van der Waals surface area contributed by atoms with Crippen LogP contribution in [0.2, 0.25) is 0 Å². The second kappa shape index (κ2) is 5.04. The summed E-state index contributed by atoms with van der Waals surface area (Å²) in [6.45, 7) is 0.498. The van der Waals surface area contributed by atoms with E-state index >= 15 is 0 Å². The summed E-state index contributed by atoms with van der Waals surface area (Å²) in [7, 11) is -3.64. The van der Waals surface area contributed by atoms with Crippen molar-refractivity contribution in [3.05, 3.63) is 34.4 Å². The summed E-state index contributed by atoms with van der Waals surface area (Å²) in [5.41, 5.74) is 5.93. The van der Waals surface area contributed by atoms with Gasteiger partial charge in [-0.25, -0.2) is 8.42 Å². The summed E-state index contributed by atoms with van der Waals surface area (Å²) in [5.74, 6) is 0.317. The lowest BCUT2D eigenvalue weighted by atomic mass is 9.78. The van der Waals surface area contributed by atoms with Crippen LogP contribution in [0, 0.1) is 16.0 Å². The first-order valence-electron chi connectivity index (χ1n) is 6.91. The highest BCUT2D eigenvalue weighted by Gasteiger charge is 2.44. The molecule has 2 saturated heterocycles. The third-order valence-corrected chi connectivity index (χ3v) is 6.34. The summed E-state index contributed by atoms with van der Waals surface area (Å²) >= 11 is 0. The molecule has 1 aromatic rings. The largest absolute Gasteiger partial charge is 0.326 e. The summed E-state index contributed by atoms with van der Waals surface area (Å²) in [4.78, 5) is 10.2. The minimum Gasteiger partial charge on any atom is -0.326 e. The lowest BCUT2D eigenvalue weighted by Gasteiger charge is -2.47. The van der Waals surface area contributed by atoms with Crippen LogP contribution < -0.4 is 5.73 Å². The molecule has 4 rings (SSSR count). The van der Waals surface area contributed by atoms with Gasteiger partial charge in [0.25, 0.3) is 5.69 Å². The normalized spacial score (nSPS) is 29.5. The highest BCUT2D eigenvalue weighted by molar-refractivity contribution is 7.89. The molecule has 7 nitrogen and oxygen atoms in total. The van der Waals surface area contributed by atoms with Gasteiger partial charge in [-0.3, -0.25) is 10.1 Å². The Morgan fingerprint density at radius 2 is 1.90 bits per heavy atom. The predicted molar refractivity (Wildman–Crippen MR) is 76.1 cm³/mol. The Kier molecular flexibility index (Phi) is 3.46. The minimum atomic E-state index is -3.64. The van der Waals surface area contributed by atoms with Gasteiger partial charge in [-0.15, -0.1) is 0 Å². The molecule has 2 aliphatic heterocycles. The van der Waals surface area contributed by atoms with Crippen LogP contribution in [0.25, 0.3) is 0 Å². The number of fused-ring (bicyclic) bond motifs is 3. The van der Waals surface area contributed by atoms with Crippen LogP contribution in [0.5, 0.6) is 0 Å². The Labute approximate surface area is 122 Å². The summed E-state index contributed by atoms with van der Waals surface area (Å²) in [5, 5.41) is 10.6. The molecule has 8 heteroatoms. The highest BCUT2D eigenvalue weighted by atomic mass is 32.2. The van der Waals surface area contributed by atoms with Crippen molar-refractivity contribution in [3.8, 4) is 0 Å². The van der Waals surface area contributed by atoms with E-state index < -0.39 is 14.9 Å². The zero-order valence-electron chi connectivity index (χ0n) is 11.4. The molecular weight excluding hydrogens is 294 g/mol. The van der Waals surface area contributed by atoms with Gasteiger partial charge in [-0.2, -0.15) is 4.31 Å². The smallest absolute Gasteiger partial charge is 0.269 e. The van der Waals surface area contributed by atoms with Gasteiger partial charge < -0.3 is 5.73 Å². The van der Waals surface area contributed by atoms with Crippen LogP contribution in [-0.2, 0) is 10.0 Å². The molecule has 0 radical (unpaired) electrons. The Hall–Kier alpha value is -1.51. The number of nitro groups is 1. The maximum atomic E-state index is 12.7. The van der Waals surface area contributed by atoms with Gasteiger partial charge in [0.05, 0.1) is 9.82 Å². The standard InChI is InChI=1S/C13H17N3O4S/c14-12-7-9-1-6-13(12)15(8-9)21(19,20)11-4-2-10(3-5-11)16(17)18/h2-5,9,12-13H,1,6-8,14H2. The van der Waals surface area contributed by atoms with E-state index in [1.54, 1.807) is 0 Å². The minimum absolute atomic E-state index is 0.0906. The van der Waals surface area contributed by atoms with Gasteiger partial charge in [0.1, 0.15) is 0 Å². The average molecular weight is 311 g/mol. The third-order valence-electron chi connectivity index (χ3n) is 4.43. The van der Waals surface area contributed by atoms with Crippen LogP contribution in [0.4, 0.5) is 5.69 Å². The van der Waals surface area contributed by atoms with E-state index in [0.717, 1.165) is 19.3 Å². The van der Waals surface area contributed by atoms with E-state index in [2.05, 4.69) is 0 Å². The Morgan fingerprint density at radius 1 is 1.24 bits per heavy atom. The van der Waals surface area contributed by atoms with Crippen molar-refractivity contribution in [2.24, 2.45) is 11.7 Å². The summed E-state index contributed by atoms with van der Waals surface area (Å²) in [6.07, 6.45) is 2.68. The molecule has 3 fully saturated rings. The van der Waals surface area contributed by atoms with E-state index in [9.17, 15) is 18.5 Å². The number of piperidine rings is 2. The van der Waals surface area contributed by atoms with Gasteiger partial charge in [-0.05, 0) is 37.3 Å². The van der Waals surface area contributed by atoms with Crippen LogP contribution in [-0.4, -0.2) is 36.3 Å². The van der Waals surface area contributed by atoms with Crippen molar-refractivity contribution < 1.29 is 13.3 Å². The fraction of sp³-hybridized carbons (Fsp3) is 0.538. The molecule has 2 N–H and O–H groups in total. The first-order chi connectivity index (χ1) is 9.89. The summed E-state index contributed by atoms with van der Waals surface area (Å²) in [6, 6.07) is 4.74. The van der Waals surface area contributed by atoms with Crippen molar-refractivity contribution in [1.29, 1.82) is 0 Å². The molecule has 0 amide bonds. The molecule has 2 bridgehead atoms. The van der Waals surface area contributed by atoms with Gasteiger partial charge in [0.2, 0.25) is 10.0 Å². The number of non-ortho nitro benzene ring substituents is 1. The first kappa shape index (κ1) is 14.4. The zero-order chi connectivity index (χ0) is 15.2. The SMILES string of the molecule is NC1CC2CCC1N(S(=O)(=O)c1ccc([N+](=O)[O-])cc1)C2. The molecule has 2 heterocycles. The molecule has 3 atom stereocenters. The number of nitro benzene ring substituents is 1. The van der Waals surface area contributed by atoms with Gasteiger partial charge in [0.15, 0.2) is 0 Å². The van der Waals surface area contributed by atoms with Crippen molar-refractivity contribution >= 4 is 15.7 Å². The van der Waals surface area contributed by atoms with E-state index in [1.807, 2.05) is 0 Å². The van der Waals surface area contributed by atoms with Crippen LogP contribution in [0.3, 0.4) is 0 Å². The van der Waals surface area contributed by atoms with Crippen LogP contribution >= 0.6 is 0 Å². The lowest BCUT2D eigenvalue weighted by molar-refractivity contribution is -0.384. The van der Waals surface area contributed by atoms with Crippen molar-refractivity contribution in [3.63, 3.8) is 0 Å². The second-order valence-electron chi connectivity index (χ2n) is 5.74. The second-order valence-corrected chi connectivity index (χ2v) is 7.63. The fourth-order valence-electron chi connectivity index (χ4n) is 3.35. The van der Waals surface area contributed by atoms with E-state index in [4.69, 9.17) is 5.73 Å². The molecule has 3 aliphatic rings. The number of benzene rings is 1. The van der Waals surface area contributed by atoms with Gasteiger partial charge in [-0.1, -0.05) is 0 Å². The predicted octanol–water partition coefficient (Wildman–Crippen LogP) is 1.10. The number of sulfonamides is 1. The van der Waals surface area contributed by atoms with E-state index in [-0.39, 0.29) is 22.7 Å². The molecule has 1 aromatic carbocycles. The molecule has 114 valence electrons. The number of rotatable bonds is 3. The number of nitrogens with two attached hydrogens (primary N) is 1. The molecule has 1 saturated carbocycles. The van der Waals surface area contributed by atoms with Crippen molar-refractivity contribution in [2.45, 2.75) is 36.2 Å². The Balaban J connectivity index is 1.91. The number of hydrogen-bond acceptors (Lipinski definition) is 5. The van der Waals surface area contributed by atoms with Crippen LogP contribution in [0.1, 0.15) is 19.3 Å². The van der Waals surface area contributed by atoms with Crippen LogP contribution in [0.15, 0.2) is 29.2 Å². The third kappa shape index (κ3) is 2.43. The Bertz CT molecular complexity index is 658. The quantitative estimate of drug-likeness (QED) is 0.664.